The molecule has 20 heavy (non-hydrogen) atoms. The lowest BCUT2D eigenvalue weighted by atomic mass is 10.2. The van der Waals surface area contributed by atoms with Gasteiger partial charge in [-0.3, -0.25) is 0 Å². The van der Waals surface area contributed by atoms with Crippen LogP contribution in [0.3, 0.4) is 0 Å². The van der Waals surface area contributed by atoms with E-state index in [1.165, 1.54) is 12.1 Å². The minimum absolute atomic E-state index is 0.0828. The fraction of sp³-hybridized carbons (Fsp3) is 0.143. The van der Waals surface area contributed by atoms with Gasteiger partial charge in [0.1, 0.15) is 18.2 Å². The van der Waals surface area contributed by atoms with Gasteiger partial charge in [0.05, 0.1) is 10.0 Å². The highest BCUT2D eigenvalue weighted by molar-refractivity contribution is 9.08. The van der Waals surface area contributed by atoms with E-state index in [2.05, 4.69) is 15.9 Å². The number of alkyl halides is 1. The van der Waals surface area contributed by atoms with Crippen LogP contribution in [0.1, 0.15) is 11.1 Å². The van der Waals surface area contributed by atoms with Crippen LogP contribution in [0.2, 0.25) is 15.1 Å². The molecule has 0 fully saturated rings. The van der Waals surface area contributed by atoms with Crippen molar-refractivity contribution in [3.63, 3.8) is 0 Å². The maximum absolute atomic E-state index is 13.3. The maximum Gasteiger partial charge on any atom is 0.142 e. The Labute approximate surface area is 139 Å². The largest absolute Gasteiger partial charge is 0.487 e. The van der Waals surface area contributed by atoms with Crippen molar-refractivity contribution in [3.8, 4) is 5.75 Å². The van der Waals surface area contributed by atoms with Crippen LogP contribution in [0.25, 0.3) is 0 Å². The molecule has 0 N–H and O–H groups in total. The summed E-state index contributed by atoms with van der Waals surface area (Å²) in [5, 5.41) is 1.59. The molecule has 0 aliphatic heterocycles. The Morgan fingerprint density at radius 3 is 2.45 bits per heavy atom. The summed E-state index contributed by atoms with van der Waals surface area (Å²) in [6.07, 6.45) is 0. The van der Waals surface area contributed by atoms with Gasteiger partial charge in [0.15, 0.2) is 0 Å². The van der Waals surface area contributed by atoms with Crippen LogP contribution in [0.5, 0.6) is 5.75 Å². The highest BCUT2D eigenvalue weighted by Crippen LogP contribution is 2.34. The Hall–Kier alpha value is -0.480. The van der Waals surface area contributed by atoms with Crippen molar-refractivity contribution in [2.24, 2.45) is 0 Å². The molecular weight excluding hydrogens is 389 g/mol. The van der Waals surface area contributed by atoms with Gasteiger partial charge in [0, 0.05) is 15.9 Å². The lowest BCUT2D eigenvalue weighted by molar-refractivity contribution is 0.303. The van der Waals surface area contributed by atoms with E-state index in [0.717, 1.165) is 5.56 Å². The zero-order valence-corrected chi connectivity index (χ0v) is 14.0. The first-order valence-electron chi connectivity index (χ1n) is 5.62. The van der Waals surface area contributed by atoms with Gasteiger partial charge >= 0.3 is 0 Å². The average Bonchev–Trinajstić information content (AvgIpc) is 2.40. The minimum atomic E-state index is -0.476. The number of rotatable bonds is 4. The smallest absolute Gasteiger partial charge is 0.142 e. The van der Waals surface area contributed by atoms with Crippen molar-refractivity contribution >= 4 is 50.7 Å². The third-order valence-corrected chi connectivity index (χ3v) is 4.01. The summed E-state index contributed by atoms with van der Waals surface area (Å²) in [6.45, 7) is 0.190. The van der Waals surface area contributed by atoms with E-state index in [9.17, 15) is 4.39 Å². The molecule has 2 aromatic rings. The molecule has 0 atom stereocenters. The predicted octanol–water partition coefficient (Wildman–Crippen LogP) is 6.26. The van der Waals surface area contributed by atoms with E-state index in [-0.39, 0.29) is 11.6 Å². The van der Waals surface area contributed by atoms with Crippen molar-refractivity contribution in [3.05, 3.63) is 62.3 Å². The molecule has 1 nitrogen and oxygen atoms in total. The molecule has 6 heteroatoms. The zero-order valence-electron chi connectivity index (χ0n) is 10.1. The van der Waals surface area contributed by atoms with E-state index in [1.54, 1.807) is 18.2 Å². The van der Waals surface area contributed by atoms with Crippen LogP contribution in [-0.2, 0) is 11.9 Å². The number of hydrogen-bond acceptors (Lipinski definition) is 1. The summed E-state index contributed by atoms with van der Waals surface area (Å²) in [5.74, 6) is 0.0546. The first-order valence-corrected chi connectivity index (χ1v) is 7.87. The van der Waals surface area contributed by atoms with E-state index in [1.807, 2.05) is 0 Å². The summed E-state index contributed by atoms with van der Waals surface area (Å²) < 4.78 is 19.0. The Kier molecular flexibility index (Phi) is 5.56. The van der Waals surface area contributed by atoms with Gasteiger partial charge in [-0.25, -0.2) is 4.39 Å². The topological polar surface area (TPSA) is 9.23 Å². The Balaban J connectivity index is 2.20. The summed E-state index contributed by atoms with van der Waals surface area (Å²) in [7, 11) is 0. The monoisotopic (exact) mass is 396 g/mol. The van der Waals surface area contributed by atoms with Crippen molar-refractivity contribution in [1.29, 1.82) is 0 Å². The number of ether oxygens (including phenoxy) is 1. The van der Waals surface area contributed by atoms with E-state index in [0.29, 0.717) is 26.7 Å². The van der Waals surface area contributed by atoms with Crippen LogP contribution in [0.4, 0.5) is 4.39 Å². The standard InChI is InChI=1S/C14H9BrCl3FO/c15-6-9-4-10(16)5-12(18)14(9)20-7-8-1-2-11(17)13(19)3-8/h1-5H,6-7H2. The fourth-order valence-corrected chi connectivity index (χ4v) is 2.78. The summed E-state index contributed by atoms with van der Waals surface area (Å²) >= 11 is 21.0. The molecule has 0 unspecified atom stereocenters. The molecule has 0 saturated heterocycles. The Morgan fingerprint density at radius 1 is 1.05 bits per heavy atom. The number of benzene rings is 2. The van der Waals surface area contributed by atoms with Crippen molar-refractivity contribution in [1.82, 2.24) is 0 Å². The Bertz CT molecular complexity index is 634. The molecule has 0 amide bonds. The average molecular weight is 398 g/mol. The third kappa shape index (κ3) is 3.79. The van der Waals surface area contributed by atoms with Crippen molar-refractivity contribution < 1.29 is 9.13 Å². The second-order valence-electron chi connectivity index (χ2n) is 4.05. The lowest BCUT2D eigenvalue weighted by Gasteiger charge is -2.12. The number of halogens is 5. The molecule has 0 aromatic heterocycles. The van der Waals surface area contributed by atoms with Crippen LogP contribution in [-0.4, -0.2) is 0 Å². The first-order chi connectivity index (χ1) is 9.51. The van der Waals surface area contributed by atoms with Crippen molar-refractivity contribution in [2.45, 2.75) is 11.9 Å². The van der Waals surface area contributed by atoms with Crippen LogP contribution in [0.15, 0.2) is 30.3 Å². The molecule has 0 heterocycles. The maximum atomic E-state index is 13.3. The summed E-state index contributed by atoms with van der Waals surface area (Å²) in [4.78, 5) is 0. The molecular formula is C14H9BrCl3FO. The van der Waals surface area contributed by atoms with E-state index < -0.39 is 5.82 Å². The summed E-state index contributed by atoms with van der Waals surface area (Å²) in [5.41, 5.74) is 1.50. The first kappa shape index (κ1) is 15.9. The molecule has 2 rings (SSSR count). The molecule has 0 spiro atoms. The second kappa shape index (κ2) is 6.99. The summed E-state index contributed by atoms with van der Waals surface area (Å²) in [6, 6.07) is 7.89. The normalized spacial score (nSPS) is 10.7. The van der Waals surface area contributed by atoms with Gasteiger partial charge in [-0.2, -0.15) is 0 Å². The Morgan fingerprint density at radius 2 is 1.80 bits per heavy atom. The fourth-order valence-electron chi connectivity index (χ4n) is 1.66. The molecule has 106 valence electrons. The highest BCUT2D eigenvalue weighted by atomic mass is 79.9. The van der Waals surface area contributed by atoms with Gasteiger partial charge in [-0.1, -0.05) is 56.8 Å². The SMILES string of the molecule is Fc1cc(COc2c(Cl)cc(Cl)cc2CBr)ccc1Cl. The molecule has 0 aliphatic carbocycles. The molecule has 0 aliphatic rings. The molecule has 0 saturated carbocycles. The molecule has 0 bridgehead atoms. The second-order valence-corrected chi connectivity index (χ2v) is 5.86. The molecule has 0 radical (unpaired) electrons. The van der Waals surface area contributed by atoms with E-state index >= 15 is 0 Å². The van der Waals surface area contributed by atoms with Crippen LogP contribution < -0.4 is 4.74 Å². The minimum Gasteiger partial charge on any atom is -0.487 e. The van der Waals surface area contributed by atoms with Crippen LogP contribution in [0, 0.1) is 5.82 Å². The van der Waals surface area contributed by atoms with Gasteiger partial charge < -0.3 is 4.74 Å². The zero-order chi connectivity index (χ0) is 14.7. The number of hydrogen-bond donors (Lipinski definition) is 0. The lowest BCUT2D eigenvalue weighted by Crippen LogP contribution is -1.99. The van der Waals surface area contributed by atoms with Gasteiger partial charge in [-0.15, -0.1) is 0 Å². The van der Waals surface area contributed by atoms with Crippen LogP contribution >= 0.6 is 50.7 Å². The molecule has 2 aromatic carbocycles. The van der Waals surface area contributed by atoms with Gasteiger partial charge in [0.2, 0.25) is 0 Å². The third-order valence-electron chi connectivity index (χ3n) is 2.60. The van der Waals surface area contributed by atoms with E-state index in [4.69, 9.17) is 39.5 Å². The highest BCUT2D eigenvalue weighted by Gasteiger charge is 2.11. The van der Waals surface area contributed by atoms with Gasteiger partial charge in [0.25, 0.3) is 0 Å². The quantitative estimate of drug-likeness (QED) is 0.552. The van der Waals surface area contributed by atoms with Gasteiger partial charge in [-0.05, 0) is 29.8 Å². The predicted molar refractivity (Wildman–Crippen MR) is 84.8 cm³/mol. The van der Waals surface area contributed by atoms with Crippen molar-refractivity contribution in [2.75, 3.05) is 0 Å².